The number of thiophene rings is 1. The van der Waals surface area contributed by atoms with E-state index in [0.717, 1.165) is 16.2 Å². The largest absolute Gasteiger partial charge is 0.494 e. The van der Waals surface area contributed by atoms with Gasteiger partial charge < -0.3 is 14.6 Å². The fourth-order valence-electron chi connectivity index (χ4n) is 4.11. The molecule has 0 saturated heterocycles. The lowest BCUT2D eigenvalue weighted by Gasteiger charge is -2.35. The van der Waals surface area contributed by atoms with E-state index in [2.05, 4.69) is 15.5 Å². The van der Waals surface area contributed by atoms with E-state index in [1.807, 2.05) is 55.6 Å². The standard InChI is InChI=1S/C26H23FN4O3S/c1-3-33-20-10-4-7-17(13-20)15-31-16(2)22(25-29-24(30-34-25)21-11-6-12-35-21)23(28-26(31)32)18-8-5-9-19(27)14-18/h4-14,23H,3,15H2,1-2H3,(H,28,32). The number of benzene rings is 2. The number of rotatable bonds is 7. The van der Waals surface area contributed by atoms with Crippen LogP contribution in [0, 0.1) is 5.82 Å². The Balaban J connectivity index is 1.57. The number of carbonyl (C=O) groups is 1. The molecule has 7 nitrogen and oxygen atoms in total. The molecular weight excluding hydrogens is 467 g/mol. The predicted octanol–water partition coefficient (Wildman–Crippen LogP) is 6.03. The average Bonchev–Trinajstić information content (AvgIpc) is 3.54. The molecule has 1 aliphatic heterocycles. The van der Waals surface area contributed by atoms with Crippen LogP contribution in [0.3, 0.4) is 0 Å². The van der Waals surface area contributed by atoms with Crippen LogP contribution in [0.5, 0.6) is 5.75 Å². The summed E-state index contributed by atoms with van der Waals surface area (Å²) >= 11 is 1.50. The molecule has 1 N–H and O–H groups in total. The number of amides is 2. The van der Waals surface area contributed by atoms with E-state index in [0.29, 0.717) is 35.8 Å². The van der Waals surface area contributed by atoms with Crippen LogP contribution < -0.4 is 10.1 Å². The molecule has 3 heterocycles. The molecule has 2 aromatic heterocycles. The molecule has 0 bridgehead atoms. The Labute approximate surface area is 205 Å². The van der Waals surface area contributed by atoms with Crippen LogP contribution in [0.1, 0.15) is 36.9 Å². The highest BCUT2D eigenvalue weighted by Gasteiger charge is 2.36. The average molecular weight is 491 g/mol. The van der Waals surface area contributed by atoms with Crippen LogP contribution in [0.15, 0.2) is 76.3 Å². The van der Waals surface area contributed by atoms with Crippen molar-refractivity contribution in [1.29, 1.82) is 0 Å². The zero-order chi connectivity index (χ0) is 24.4. The summed E-state index contributed by atoms with van der Waals surface area (Å²) in [5.74, 6) is 1.07. The molecule has 0 aliphatic carbocycles. The van der Waals surface area contributed by atoms with Crippen molar-refractivity contribution in [3.63, 3.8) is 0 Å². The van der Waals surface area contributed by atoms with Gasteiger partial charge in [0.05, 0.1) is 29.6 Å². The molecular formula is C26H23FN4O3S. The zero-order valence-corrected chi connectivity index (χ0v) is 20.0. The van der Waals surface area contributed by atoms with E-state index in [4.69, 9.17) is 9.26 Å². The van der Waals surface area contributed by atoms with Gasteiger partial charge in [-0.1, -0.05) is 35.5 Å². The Kier molecular flexibility index (Phi) is 6.33. The Hall–Kier alpha value is -3.98. The third-order valence-electron chi connectivity index (χ3n) is 5.73. The first kappa shape index (κ1) is 22.8. The minimum Gasteiger partial charge on any atom is -0.494 e. The molecule has 1 atom stereocenters. The maximum Gasteiger partial charge on any atom is 0.322 e. The molecule has 35 heavy (non-hydrogen) atoms. The molecule has 178 valence electrons. The molecule has 0 radical (unpaired) electrons. The van der Waals surface area contributed by atoms with Crippen LogP contribution in [0.2, 0.25) is 0 Å². The van der Waals surface area contributed by atoms with Crippen molar-refractivity contribution >= 4 is 22.9 Å². The lowest BCUT2D eigenvalue weighted by Crippen LogP contribution is -2.45. The number of urea groups is 1. The van der Waals surface area contributed by atoms with E-state index in [1.54, 1.807) is 17.0 Å². The van der Waals surface area contributed by atoms with Crippen molar-refractivity contribution < 1.29 is 18.4 Å². The number of aromatic nitrogens is 2. The monoisotopic (exact) mass is 490 g/mol. The molecule has 0 fully saturated rings. The summed E-state index contributed by atoms with van der Waals surface area (Å²) in [6, 6.07) is 16.6. The number of hydrogen-bond donors (Lipinski definition) is 1. The van der Waals surface area contributed by atoms with Crippen LogP contribution in [-0.4, -0.2) is 27.7 Å². The third kappa shape index (κ3) is 4.67. The number of nitrogens with zero attached hydrogens (tertiary/aromatic N) is 3. The number of ether oxygens (including phenoxy) is 1. The summed E-state index contributed by atoms with van der Waals surface area (Å²) in [5, 5.41) is 9.08. The first-order valence-corrected chi connectivity index (χ1v) is 12.1. The maximum absolute atomic E-state index is 14.1. The van der Waals surface area contributed by atoms with Crippen molar-refractivity contribution in [3.8, 4) is 16.5 Å². The van der Waals surface area contributed by atoms with Crippen molar-refractivity contribution in [2.24, 2.45) is 0 Å². The second-order valence-electron chi connectivity index (χ2n) is 8.00. The lowest BCUT2D eigenvalue weighted by atomic mass is 9.94. The van der Waals surface area contributed by atoms with Gasteiger partial charge in [0, 0.05) is 5.70 Å². The second kappa shape index (κ2) is 9.71. The van der Waals surface area contributed by atoms with Crippen molar-refractivity contribution in [1.82, 2.24) is 20.4 Å². The number of allylic oxidation sites excluding steroid dienone is 1. The Morgan fingerprint density at radius 3 is 2.80 bits per heavy atom. The SMILES string of the molecule is CCOc1cccc(CN2C(=O)NC(c3cccc(F)c3)C(c3nc(-c4cccs4)no3)=C2C)c1. The van der Waals surface area contributed by atoms with Crippen LogP contribution >= 0.6 is 11.3 Å². The first-order valence-electron chi connectivity index (χ1n) is 11.2. The highest BCUT2D eigenvalue weighted by atomic mass is 32.1. The van der Waals surface area contributed by atoms with Gasteiger partial charge >= 0.3 is 6.03 Å². The van der Waals surface area contributed by atoms with Crippen molar-refractivity contribution in [2.75, 3.05) is 6.61 Å². The molecule has 1 aliphatic rings. The molecule has 0 saturated carbocycles. The highest BCUT2D eigenvalue weighted by Crippen LogP contribution is 2.38. The first-order chi connectivity index (χ1) is 17.0. The van der Waals surface area contributed by atoms with Crippen LogP contribution in [0.4, 0.5) is 9.18 Å². The molecule has 4 aromatic rings. The summed E-state index contributed by atoms with van der Waals surface area (Å²) in [6.07, 6.45) is 0. The Morgan fingerprint density at radius 1 is 1.17 bits per heavy atom. The number of carbonyl (C=O) groups excluding carboxylic acids is 1. The molecule has 9 heteroatoms. The van der Waals surface area contributed by atoms with Gasteiger partial charge in [-0.3, -0.25) is 4.90 Å². The van der Waals surface area contributed by atoms with E-state index in [9.17, 15) is 9.18 Å². The second-order valence-corrected chi connectivity index (χ2v) is 8.95. The van der Waals surface area contributed by atoms with Gasteiger partial charge in [0.2, 0.25) is 5.82 Å². The minimum atomic E-state index is -0.652. The van der Waals surface area contributed by atoms with Gasteiger partial charge in [-0.2, -0.15) is 4.98 Å². The maximum atomic E-state index is 14.1. The van der Waals surface area contributed by atoms with Gasteiger partial charge in [0.1, 0.15) is 11.6 Å². The van der Waals surface area contributed by atoms with Gasteiger partial charge in [-0.25, -0.2) is 9.18 Å². The van der Waals surface area contributed by atoms with E-state index in [1.165, 1.54) is 23.5 Å². The zero-order valence-electron chi connectivity index (χ0n) is 19.2. The Morgan fingerprint density at radius 2 is 2.03 bits per heavy atom. The number of nitrogens with one attached hydrogen (secondary N) is 1. The molecule has 5 rings (SSSR count). The fourth-order valence-corrected chi connectivity index (χ4v) is 4.76. The predicted molar refractivity (Wildman–Crippen MR) is 131 cm³/mol. The summed E-state index contributed by atoms with van der Waals surface area (Å²) in [7, 11) is 0. The van der Waals surface area contributed by atoms with Gasteiger partial charge in [0.15, 0.2) is 0 Å². The van der Waals surface area contributed by atoms with E-state index in [-0.39, 0.29) is 11.9 Å². The normalized spacial score (nSPS) is 15.9. The molecule has 2 aromatic carbocycles. The smallest absolute Gasteiger partial charge is 0.322 e. The number of halogens is 1. The van der Waals surface area contributed by atoms with E-state index < -0.39 is 11.9 Å². The summed E-state index contributed by atoms with van der Waals surface area (Å²) < 4.78 is 25.4. The van der Waals surface area contributed by atoms with Gasteiger partial charge in [0.25, 0.3) is 5.89 Å². The fraction of sp³-hybridized carbons (Fsp3) is 0.192. The molecule has 1 unspecified atom stereocenters. The van der Waals surface area contributed by atoms with Gasteiger partial charge in [-0.15, -0.1) is 11.3 Å². The van der Waals surface area contributed by atoms with E-state index >= 15 is 0 Å². The third-order valence-corrected chi connectivity index (χ3v) is 6.59. The summed E-state index contributed by atoms with van der Waals surface area (Å²) in [4.78, 5) is 20.3. The topological polar surface area (TPSA) is 80.5 Å². The van der Waals surface area contributed by atoms with Gasteiger partial charge in [-0.05, 0) is 60.7 Å². The van der Waals surface area contributed by atoms with Crippen molar-refractivity contribution in [3.05, 3.63) is 94.6 Å². The van der Waals surface area contributed by atoms with Crippen LogP contribution in [-0.2, 0) is 6.54 Å². The minimum absolute atomic E-state index is 0.272. The van der Waals surface area contributed by atoms with Crippen LogP contribution in [0.25, 0.3) is 16.3 Å². The summed E-state index contributed by atoms with van der Waals surface area (Å²) in [5.41, 5.74) is 2.75. The quantitative estimate of drug-likeness (QED) is 0.342. The molecule has 0 spiro atoms. The number of hydrogen-bond acceptors (Lipinski definition) is 6. The lowest BCUT2D eigenvalue weighted by molar-refractivity contribution is 0.202. The Bertz CT molecular complexity index is 1380. The summed E-state index contributed by atoms with van der Waals surface area (Å²) in [6.45, 7) is 4.62. The van der Waals surface area contributed by atoms with Crippen molar-refractivity contribution in [2.45, 2.75) is 26.4 Å². The molecule has 2 amide bonds. The highest BCUT2D eigenvalue weighted by molar-refractivity contribution is 7.13.